The van der Waals surface area contributed by atoms with E-state index in [9.17, 15) is 26.3 Å². The van der Waals surface area contributed by atoms with Gasteiger partial charge in [0.2, 0.25) is 0 Å². The van der Waals surface area contributed by atoms with Gasteiger partial charge in [-0.3, -0.25) is 9.13 Å². The SMILES string of the molecule is Cc1cc(-c2cnc3c(c2)c2cccnc2n3-c2ccc(C(F)(F)F)cc2)c(C)cc1-c1cnc2c(c1)c1c(n2-c2ccc(C(F)(F)F)cc2)N=CCC1. The molecule has 0 spiro atoms. The molecule has 6 nitrogen and oxygen atoms in total. The minimum absolute atomic E-state index is 0.520. The van der Waals surface area contributed by atoms with Crippen LogP contribution in [0.4, 0.5) is 32.2 Å². The van der Waals surface area contributed by atoms with Crippen molar-refractivity contribution >= 4 is 45.1 Å². The van der Waals surface area contributed by atoms with Crippen molar-refractivity contribution in [1.29, 1.82) is 0 Å². The number of halogens is 6. The van der Waals surface area contributed by atoms with Gasteiger partial charge in [-0.15, -0.1) is 0 Å². The molecule has 3 aromatic carbocycles. The molecule has 0 N–H and O–H groups in total. The van der Waals surface area contributed by atoms with Crippen LogP contribution < -0.4 is 0 Å². The summed E-state index contributed by atoms with van der Waals surface area (Å²) in [5.41, 5.74) is 8.13. The van der Waals surface area contributed by atoms with E-state index in [0.717, 1.165) is 92.2 Å². The molecule has 1 aliphatic heterocycles. The Kier molecular flexibility index (Phi) is 7.53. The van der Waals surface area contributed by atoms with Gasteiger partial charge in [0.25, 0.3) is 0 Å². The third-order valence-electron chi connectivity index (χ3n) is 10.1. The van der Waals surface area contributed by atoms with Crippen molar-refractivity contribution in [3.05, 3.63) is 131 Å². The molecule has 0 unspecified atom stereocenters. The topological polar surface area (TPSA) is 60.9 Å². The molecule has 0 aliphatic carbocycles. The van der Waals surface area contributed by atoms with Crippen LogP contribution in [-0.2, 0) is 18.8 Å². The van der Waals surface area contributed by atoms with Gasteiger partial charge < -0.3 is 0 Å². The molecule has 0 radical (unpaired) electrons. The van der Waals surface area contributed by atoms with Crippen LogP contribution in [0.25, 0.3) is 66.7 Å². The summed E-state index contributed by atoms with van der Waals surface area (Å²) >= 11 is 0. The molecule has 268 valence electrons. The highest BCUT2D eigenvalue weighted by Crippen LogP contribution is 2.41. The Morgan fingerprint density at radius 3 is 1.67 bits per heavy atom. The van der Waals surface area contributed by atoms with Gasteiger partial charge in [0.05, 0.1) is 11.1 Å². The van der Waals surface area contributed by atoms with E-state index in [2.05, 4.69) is 28.2 Å². The second kappa shape index (κ2) is 12.1. The number of aryl methyl sites for hydroxylation is 3. The number of benzene rings is 3. The lowest BCUT2D eigenvalue weighted by Crippen LogP contribution is -2.05. The molecule has 6 heterocycles. The first-order chi connectivity index (χ1) is 25.9. The fourth-order valence-electron chi connectivity index (χ4n) is 7.50. The fraction of sp³-hybridized carbons (Fsp3) is 0.143. The number of hydrogen-bond acceptors (Lipinski definition) is 4. The van der Waals surface area contributed by atoms with Gasteiger partial charge in [-0.05, 0) is 122 Å². The molecular formula is C42H28F6N6. The highest BCUT2D eigenvalue weighted by molar-refractivity contribution is 6.07. The summed E-state index contributed by atoms with van der Waals surface area (Å²) in [6.07, 6.45) is -0.383. The average molecular weight is 731 g/mol. The number of nitrogens with zero attached hydrogens (tertiary/aromatic N) is 6. The van der Waals surface area contributed by atoms with E-state index in [4.69, 9.17) is 9.97 Å². The van der Waals surface area contributed by atoms with Crippen LogP contribution in [0.2, 0.25) is 0 Å². The molecule has 0 atom stereocenters. The van der Waals surface area contributed by atoms with Gasteiger partial charge in [-0.25, -0.2) is 19.9 Å². The minimum Gasteiger partial charge on any atom is -0.278 e. The maximum absolute atomic E-state index is 13.3. The molecule has 12 heteroatoms. The Balaban J connectivity index is 1.11. The van der Waals surface area contributed by atoms with E-state index in [-0.39, 0.29) is 0 Å². The van der Waals surface area contributed by atoms with Crippen molar-refractivity contribution in [2.24, 2.45) is 4.99 Å². The van der Waals surface area contributed by atoms with Gasteiger partial charge in [0.15, 0.2) is 0 Å². The largest absolute Gasteiger partial charge is 0.416 e. The van der Waals surface area contributed by atoms with Gasteiger partial charge in [0, 0.05) is 69.0 Å². The van der Waals surface area contributed by atoms with Crippen LogP contribution >= 0.6 is 0 Å². The normalized spacial score (nSPS) is 13.3. The van der Waals surface area contributed by atoms with E-state index in [1.165, 1.54) is 24.3 Å². The van der Waals surface area contributed by atoms with Crippen LogP contribution in [0.1, 0.15) is 34.2 Å². The monoisotopic (exact) mass is 730 g/mol. The molecule has 1 aliphatic rings. The second-order valence-electron chi connectivity index (χ2n) is 13.5. The molecule has 8 aromatic rings. The highest BCUT2D eigenvalue weighted by atomic mass is 19.4. The van der Waals surface area contributed by atoms with Crippen LogP contribution in [-0.4, -0.2) is 30.3 Å². The first kappa shape index (κ1) is 33.5. The van der Waals surface area contributed by atoms with Crippen molar-refractivity contribution in [1.82, 2.24) is 24.1 Å². The lowest BCUT2D eigenvalue weighted by Gasteiger charge is -2.14. The molecule has 0 saturated carbocycles. The third-order valence-corrected chi connectivity index (χ3v) is 10.1. The Hall–Kier alpha value is -6.30. The molecule has 9 rings (SSSR count). The summed E-state index contributed by atoms with van der Waals surface area (Å²) in [4.78, 5) is 18.9. The molecule has 5 aromatic heterocycles. The zero-order valence-corrected chi connectivity index (χ0v) is 28.8. The number of alkyl halides is 6. The first-order valence-electron chi connectivity index (χ1n) is 17.1. The number of hydrogen-bond donors (Lipinski definition) is 0. The van der Waals surface area contributed by atoms with Gasteiger partial charge in [-0.1, -0.05) is 12.1 Å². The Morgan fingerprint density at radius 2 is 1.09 bits per heavy atom. The summed E-state index contributed by atoms with van der Waals surface area (Å²) in [6.45, 7) is 4.06. The zero-order valence-electron chi connectivity index (χ0n) is 28.8. The summed E-state index contributed by atoms with van der Waals surface area (Å²) in [7, 11) is 0. The molecule has 54 heavy (non-hydrogen) atoms. The Bertz CT molecular complexity index is 2810. The number of aromatic nitrogens is 5. The lowest BCUT2D eigenvalue weighted by molar-refractivity contribution is -0.138. The molecule has 0 fully saturated rings. The fourth-order valence-corrected chi connectivity index (χ4v) is 7.50. The van der Waals surface area contributed by atoms with Crippen molar-refractivity contribution < 1.29 is 26.3 Å². The Morgan fingerprint density at radius 1 is 0.574 bits per heavy atom. The van der Waals surface area contributed by atoms with E-state index < -0.39 is 23.5 Å². The van der Waals surface area contributed by atoms with Crippen LogP contribution in [0, 0.1) is 13.8 Å². The highest BCUT2D eigenvalue weighted by Gasteiger charge is 2.31. The predicted octanol–water partition coefficient (Wildman–Crippen LogP) is 11.5. The third kappa shape index (κ3) is 5.43. The number of aliphatic imine (C=N–C) groups is 1. The molecule has 0 saturated heterocycles. The molecular weight excluding hydrogens is 702 g/mol. The maximum Gasteiger partial charge on any atom is 0.416 e. The second-order valence-corrected chi connectivity index (χ2v) is 13.5. The standard InChI is InChI=1S/C42H28F6N6/c1-23-17-34(26-20-36-32-6-4-16-50-38(32)54(40(36)52-22-26)30-13-9-28(10-14-30)42(46,47)48)24(2)18-33(23)25-19-35-31-5-3-15-49-37(31)53(39(35)51-21-25)29-11-7-27(8-12-29)41(43,44)45/h3,5,7-22H,4,6H2,1-2H3. The molecule has 0 bridgehead atoms. The van der Waals surface area contributed by atoms with Crippen molar-refractivity contribution in [3.63, 3.8) is 0 Å². The van der Waals surface area contributed by atoms with Crippen molar-refractivity contribution in [2.75, 3.05) is 0 Å². The number of pyridine rings is 3. The van der Waals surface area contributed by atoms with E-state index in [1.807, 2.05) is 42.8 Å². The summed E-state index contributed by atoms with van der Waals surface area (Å²) in [5.74, 6) is 0.668. The van der Waals surface area contributed by atoms with Crippen molar-refractivity contribution in [2.45, 2.75) is 39.0 Å². The van der Waals surface area contributed by atoms with Crippen LogP contribution in [0.5, 0.6) is 0 Å². The van der Waals surface area contributed by atoms with Crippen molar-refractivity contribution in [3.8, 4) is 33.6 Å². The maximum atomic E-state index is 13.3. The van der Waals surface area contributed by atoms with Crippen LogP contribution in [0.15, 0.2) is 109 Å². The first-order valence-corrected chi connectivity index (χ1v) is 17.1. The lowest BCUT2D eigenvalue weighted by atomic mass is 9.92. The van der Waals surface area contributed by atoms with Gasteiger partial charge in [0.1, 0.15) is 22.8 Å². The van der Waals surface area contributed by atoms with E-state index >= 15 is 0 Å². The summed E-state index contributed by atoms with van der Waals surface area (Å²) in [5, 5.41) is 2.53. The predicted molar refractivity (Wildman–Crippen MR) is 198 cm³/mol. The number of fused-ring (bicyclic) bond motifs is 6. The summed E-state index contributed by atoms with van der Waals surface area (Å²) in [6, 6.07) is 22.1. The zero-order chi connectivity index (χ0) is 37.5. The Labute approximate surface area is 304 Å². The minimum atomic E-state index is -4.45. The smallest absolute Gasteiger partial charge is 0.278 e. The van der Waals surface area contributed by atoms with Gasteiger partial charge >= 0.3 is 12.4 Å². The number of rotatable bonds is 4. The van der Waals surface area contributed by atoms with E-state index in [0.29, 0.717) is 34.1 Å². The van der Waals surface area contributed by atoms with Crippen LogP contribution in [0.3, 0.4) is 0 Å². The summed E-state index contributed by atoms with van der Waals surface area (Å²) < 4.78 is 83.5. The molecule has 0 amide bonds. The quantitative estimate of drug-likeness (QED) is 0.169. The van der Waals surface area contributed by atoms with E-state index in [1.54, 1.807) is 23.2 Å². The van der Waals surface area contributed by atoms with Gasteiger partial charge in [-0.2, -0.15) is 26.3 Å². The average Bonchev–Trinajstić information content (AvgIpc) is 3.67.